The van der Waals surface area contributed by atoms with Crippen LogP contribution in [-0.2, 0) is 4.79 Å². The van der Waals surface area contributed by atoms with Gasteiger partial charge in [0.15, 0.2) is 0 Å². The molecule has 3 nitrogen and oxygen atoms in total. The zero-order valence-corrected chi connectivity index (χ0v) is 9.67. The Morgan fingerprint density at radius 2 is 1.93 bits per heavy atom. The number of hydrogen-bond donors (Lipinski definition) is 2. The maximum Gasteiger partial charge on any atom is 0.303 e. The molecule has 0 aromatic carbocycles. The Bertz CT molecular complexity index is 186. The summed E-state index contributed by atoms with van der Waals surface area (Å²) in [7, 11) is 2.04. The van der Waals surface area contributed by atoms with E-state index in [1.54, 1.807) is 0 Å². The van der Waals surface area contributed by atoms with Crippen LogP contribution in [0.5, 0.6) is 0 Å². The molecule has 15 heavy (non-hydrogen) atoms. The molecule has 2 N–H and O–H groups in total. The van der Waals surface area contributed by atoms with Crippen molar-refractivity contribution >= 4 is 5.97 Å². The van der Waals surface area contributed by atoms with Crippen LogP contribution in [0.15, 0.2) is 0 Å². The van der Waals surface area contributed by atoms with Gasteiger partial charge in [0.25, 0.3) is 0 Å². The van der Waals surface area contributed by atoms with Crippen LogP contribution >= 0.6 is 0 Å². The molecule has 1 saturated carbocycles. The third-order valence-electron chi connectivity index (χ3n) is 3.51. The summed E-state index contributed by atoms with van der Waals surface area (Å²) >= 11 is 0. The molecular formula is C12H23NO2. The lowest BCUT2D eigenvalue weighted by molar-refractivity contribution is -0.137. The van der Waals surface area contributed by atoms with Crippen molar-refractivity contribution in [3.63, 3.8) is 0 Å². The number of hydrogen-bond acceptors (Lipinski definition) is 2. The largest absolute Gasteiger partial charge is 0.481 e. The topological polar surface area (TPSA) is 49.3 Å². The van der Waals surface area contributed by atoms with Gasteiger partial charge in [-0.25, -0.2) is 0 Å². The third kappa shape index (κ3) is 5.17. The van der Waals surface area contributed by atoms with Gasteiger partial charge in [0, 0.05) is 12.5 Å². The molecule has 1 aliphatic carbocycles. The summed E-state index contributed by atoms with van der Waals surface area (Å²) in [5.74, 6) is 0.192. The van der Waals surface area contributed by atoms with E-state index in [1.165, 1.54) is 32.1 Å². The Labute approximate surface area is 92.3 Å². The third-order valence-corrected chi connectivity index (χ3v) is 3.51. The van der Waals surface area contributed by atoms with Crippen LogP contribution in [0.3, 0.4) is 0 Å². The highest BCUT2D eigenvalue weighted by Gasteiger charge is 2.19. The van der Waals surface area contributed by atoms with Crippen molar-refractivity contribution in [2.24, 2.45) is 5.92 Å². The van der Waals surface area contributed by atoms with Crippen molar-refractivity contribution < 1.29 is 9.90 Å². The Morgan fingerprint density at radius 1 is 1.27 bits per heavy atom. The molecular weight excluding hydrogens is 190 g/mol. The van der Waals surface area contributed by atoms with E-state index in [0.29, 0.717) is 6.42 Å². The van der Waals surface area contributed by atoms with Gasteiger partial charge in [0.1, 0.15) is 0 Å². The fourth-order valence-electron chi connectivity index (χ4n) is 2.45. The minimum atomic E-state index is -0.658. The molecule has 0 spiro atoms. The second-order valence-corrected chi connectivity index (χ2v) is 4.65. The first-order valence-corrected chi connectivity index (χ1v) is 6.11. The molecule has 3 heteroatoms. The monoisotopic (exact) mass is 213 g/mol. The van der Waals surface area contributed by atoms with Gasteiger partial charge in [-0.1, -0.05) is 12.8 Å². The van der Waals surface area contributed by atoms with Crippen LogP contribution in [0.25, 0.3) is 0 Å². The summed E-state index contributed by atoms with van der Waals surface area (Å²) in [6.45, 7) is 0. The molecule has 0 amide bonds. The van der Waals surface area contributed by atoms with Gasteiger partial charge in [-0.2, -0.15) is 0 Å². The average molecular weight is 213 g/mol. The molecule has 0 unspecified atom stereocenters. The quantitative estimate of drug-likeness (QED) is 0.666. The van der Waals surface area contributed by atoms with E-state index >= 15 is 0 Å². The summed E-state index contributed by atoms with van der Waals surface area (Å²) in [6, 6.07) is 0.722. The van der Waals surface area contributed by atoms with Gasteiger partial charge >= 0.3 is 5.97 Å². The predicted octanol–water partition coefficient (Wildman–Crippen LogP) is 2.41. The van der Waals surface area contributed by atoms with Crippen LogP contribution in [0.1, 0.15) is 51.4 Å². The first-order chi connectivity index (χ1) is 7.22. The zero-order chi connectivity index (χ0) is 11.1. The molecule has 88 valence electrons. The lowest BCUT2D eigenvalue weighted by Gasteiger charge is -2.28. The lowest BCUT2D eigenvalue weighted by atomic mass is 9.83. The van der Waals surface area contributed by atoms with Crippen LogP contribution in [-0.4, -0.2) is 24.2 Å². The molecule has 1 aliphatic rings. The number of aliphatic carboxylic acids is 1. The molecule has 0 aromatic rings. The van der Waals surface area contributed by atoms with Gasteiger partial charge in [-0.3, -0.25) is 4.79 Å². The zero-order valence-electron chi connectivity index (χ0n) is 9.67. The molecule has 1 rings (SSSR count). The molecule has 0 saturated heterocycles. The molecule has 1 fully saturated rings. The maximum absolute atomic E-state index is 10.3. The Balaban J connectivity index is 2.01. The highest BCUT2D eigenvalue weighted by atomic mass is 16.4. The number of nitrogens with one attached hydrogen (secondary N) is 1. The van der Waals surface area contributed by atoms with E-state index in [2.05, 4.69) is 5.32 Å². The molecule has 0 atom stereocenters. The van der Waals surface area contributed by atoms with E-state index in [4.69, 9.17) is 5.11 Å². The Hall–Kier alpha value is -0.570. The number of unbranched alkanes of at least 4 members (excludes halogenated alkanes) is 1. The number of rotatable bonds is 6. The highest BCUT2D eigenvalue weighted by molar-refractivity contribution is 5.66. The first-order valence-electron chi connectivity index (χ1n) is 6.11. The number of carboxylic acids is 1. The second-order valence-electron chi connectivity index (χ2n) is 4.65. The van der Waals surface area contributed by atoms with E-state index < -0.39 is 5.97 Å². The van der Waals surface area contributed by atoms with Crippen LogP contribution in [0.2, 0.25) is 0 Å². The van der Waals surface area contributed by atoms with Gasteiger partial charge in [0.2, 0.25) is 0 Å². The van der Waals surface area contributed by atoms with Crippen molar-refractivity contribution in [2.45, 2.75) is 57.4 Å². The minimum absolute atomic E-state index is 0.339. The van der Waals surface area contributed by atoms with Crippen molar-refractivity contribution in [1.29, 1.82) is 0 Å². The normalized spacial score (nSPS) is 26.5. The lowest BCUT2D eigenvalue weighted by Crippen LogP contribution is -2.30. The standard InChI is InChI=1S/C12H23NO2/c1-13-11-8-6-10(7-9-11)4-2-3-5-12(14)15/h10-11,13H,2-9H2,1H3,(H,14,15). The summed E-state index contributed by atoms with van der Waals surface area (Å²) in [6.07, 6.45) is 8.72. The summed E-state index contributed by atoms with van der Waals surface area (Å²) in [4.78, 5) is 10.3. The predicted molar refractivity (Wildman–Crippen MR) is 60.9 cm³/mol. The second kappa shape index (κ2) is 6.83. The Kier molecular flexibility index (Phi) is 5.69. The average Bonchev–Trinajstić information content (AvgIpc) is 2.25. The molecule has 0 aliphatic heterocycles. The molecule has 0 radical (unpaired) electrons. The molecule has 0 aromatic heterocycles. The summed E-state index contributed by atoms with van der Waals surface area (Å²) in [5, 5.41) is 11.8. The van der Waals surface area contributed by atoms with Crippen molar-refractivity contribution in [3.05, 3.63) is 0 Å². The smallest absolute Gasteiger partial charge is 0.303 e. The number of carboxylic acid groups (broad SMARTS) is 1. The van der Waals surface area contributed by atoms with E-state index in [1.807, 2.05) is 7.05 Å². The molecule has 0 bridgehead atoms. The van der Waals surface area contributed by atoms with Crippen molar-refractivity contribution in [2.75, 3.05) is 7.05 Å². The summed E-state index contributed by atoms with van der Waals surface area (Å²) < 4.78 is 0. The SMILES string of the molecule is CNC1CCC(CCCCC(=O)O)CC1. The minimum Gasteiger partial charge on any atom is -0.481 e. The van der Waals surface area contributed by atoms with Gasteiger partial charge in [-0.05, 0) is 45.1 Å². The van der Waals surface area contributed by atoms with Crippen LogP contribution < -0.4 is 5.32 Å². The highest BCUT2D eigenvalue weighted by Crippen LogP contribution is 2.28. The van der Waals surface area contributed by atoms with Gasteiger partial charge < -0.3 is 10.4 Å². The van der Waals surface area contributed by atoms with Crippen LogP contribution in [0.4, 0.5) is 0 Å². The van der Waals surface area contributed by atoms with Gasteiger partial charge in [0.05, 0.1) is 0 Å². The fourth-order valence-corrected chi connectivity index (χ4v) is 2.45. The number of carbonyl (C=O) groups is 1. The fraction of sp³-hybridized carbons (Fsp3) is 0.917. The van der Waals surface area contributed by atoms with E-state index in [-0.39, 0.29) is 0 Å². The van der Waals surface area contributed by atoms with E-state index in [9.17, 15) is 4.79 Å². The van der Waals surface area contributed by atoms with Crippen molar-refractivity contribution in [3.8, 4) is 0 Å². The molecule has 0 heterocycles. The summed E-state index contributed by atoms with van der Waals surface area (Å²) in [5.41, 5.74) is 0. The first kappa shape index (κ1) is 12.5. The van der Waals surface area contributed by atoms with Crippen LogP contribution in [0, 0.1) is 5.92 Å². The van der Waals surface area contributed by atoms with Gasteiger partial charge in [-0.15, -0.1) is 0 Å². The van der Waals surface area contributed by atoms with E-state index in [0.717, 1.165) is 24.8 Å². The maximum atomic E-state index is 10.3. The van der Waals surface area contributed by atoms with Crippen molar-refractivity contribution in [1.82, 2.24) is 5.32 Å². The Morgan fingerprint density at radius 3 is 2.47 bits per heavy atom.